The van der Waals surface area contributed by atoms with Crippen LogP contribution in [0.5, 0.6) is 0 Å². The lowest BCUT2D eigenvalue weighted by Crippen LogP contribution is -2.28. The molecule has 1 N–H and O–H groups in total. The van der Waals surface area contributed by atoms with Crippen LogP contribution in [-0.2, 0) is 16.1 Å². The van der Waals surface area contributed by atoms with Gasteiger partial charge in [0.2, 0.25) is 0 Å². The molecule has 0 saturated carbocycles. The quantitative estimate of drug-likeness (QED) is 0.460. The van der Waals surface area contributed by atoms with E-state index in [2.05, 4.69) is 10.3 Å². The van der Waals surface area contributed by atoms with Crippen molar-refractivity contribution < 1.29 is 18.7 Å². The average molecular weight is 421 g/mol. The van der Waals surface area contributed by atoms with Gasteiger partial charge in [-0.25, -0.2) is 9.78 Å². The summed E-state index contributed by atoms with van der Waals surface area (Å²) < 4.78 is 10.4. The zero-order valence-electron chi connectivity index (χ0n) is 15.8. The predicted molar refractivity (Wildman–Crippen MR) is 113 cm³/mol. The van der Waals surface area contributed by atoms with E-state index >= 15 is 0 Å². The molecule has 150 valence electrons. The number of furan rings is 1. The first-order valence-corrected chi connectivity index (χ1v) is 9.60. The summed E-state index contributed by atoms with van der Waals surface area (Å²) in [4.78, 5) is 29.4. The molecule has 0 aliphatic rings. The Bertz CT molecular complexity index is 1210. The lowest BCUT2D eigenvalue weighted by atomic mass is 10.0. The van der Waals surface area contributed by atoms with Gasteiger partial charge >= 0.3 is 5.97 Å². The first kappa shape index (κ1) is 19.7. The summed E-state index contributed by atoms with van der Waals surface area (Å²) in [7, 11) is 0. The molecule has 0 aliphatic carbocycles. The summed E-state index contributed by atoms with van der Waals surface area (Å²) in [5, 5.41) is 3.79. The topological polar surface area (TPSA) is 81.4 Å². The monoisotopic (exact) mass is 420 g/mol. The molecule has 0 fully saturated rings. The number of rotatable bonds is 6. The van der Waals surface area contributed by atoms with Gasteiger partial charge in [-0.05, 0) is 30.3 Å². The second-order valence-electron chi connectivity index (χ2n) is 6.48. The van der Waals surface area contributed by atoms with E-state index < -0.39 is 18.5 Å². The van der Waals surface area contributed by atoms with Gasteiger partial charge in [0.15, 0.2) is 6.61 Å². The number of nitrogens with one attached hydrogen (secondary N) is 1. The first-order chi connectivity index (χ1) is 14.6. The molecular weight excluding hydrogens is 404 g/mol. The molecule has 0 spiro atoms. The van der Waals surface area contributed by atoms with Crippen LogP contribution in [0.4, 0.5) is 0 Å². The van der Waals surface area contributed by atoms with E-state index in [1.807, 2.05) is 36.4 Å². The van der Waals surface area contributed by atoms with E-state index in [0.717, 1.165) is 0 Å². The zero-order valence-corrected chi connectivity index (χ0v) is 16.6. The van der Waals surface area contributed by atoms with Crippen molar-refractivity contribution >= 4 is 34.4 Å². The highest BCUT2D eigenvalue weighted by molar-refractivity contribution is 6.33. The second kappa shape index (κ2) is 8.80. The molecule has 0 aliphatic heterocycles. The van der Waals surface area contributed by atoms with Crippen molar-refractivity contribution in [1.82, 2.24) is 10.3 Å². The molecule has 0 radical (unpaired) electrons. The van der Waals surface area contributed by atoms with E-state index in [4.69, 9.17) is 20.8 Å². The highest BCUT2D eigenvalue weighted by Crippen LogP contribution is 2.30. The van der Waals surface area contributed by atoms with Gasteiger partial charge in [0.25, 0.3) is 5.91 Å². The van der Waals surface area contributed by atoms with E-state index in [1.54, 1.807) is 30.3 Å². The SMILES string of the molecule is O=C(COC(=O)c1cc(-c2ccccc2Cl)nc2ccccc12)NCc1ccco1. The Morgan fingerprint density at radius 1 is 1.03 bits per heavy atom. The van der Waals surface area contributed by atoms with Gasteiger partial charge < -0.3 is 14.5 Å². The fourth-order valence-electron chi connectivity index (χ4n) is 3.01. The van der Waals surface area contributed by atoms with Crippen LogP contribution < -0.4 is 5.32 Å². The molecule has 1 amide bonds. The molecule has 0 atom stereocenters. The van der Waals surface area contributed by atoms with E-state index in [0.29, 0.717) is 38.5 Å². The number of esters is 1. The lowest BCUT2D eigenvalue weighted by molar-refractivity contribution is -0.124. The Hall–Kier alpha value is -3.64. The average Bonchev–Trinajstić information content (AvgIpc) is 3.29. The largest absolute Gasteiger partial charge is 0.467 e. The normalized spacial score (nSPS) is 10.7. The molecule has 2 aromatic heterocycles. The van der Waals surface area contributed by atoms with E-state index in [1.165, 1.54) is 6.26 Å². The molecule has 6 nitrogen and oxygen atoms in total. The summed E-state index contributed by atoms with van der Waals surface area (Å²) in [6.07, 6.45) is 1.52. The number of ether oxygens (including phenoxy) is 1. The smallest absolute Gasteiger partial charge is 0.339 e. The minimum Gasteiger partial charge on any atom is -0.467 e. The van der Waals surface area contributed by atoms with Gasteiger partial charge in [-0.3, -0.25) is 4.79 Å². The number of carbonyl (C=O) groups is 2. The van der Waals surface area contributed by atoms with Crippen molar-refractivity contribution in [3.05, 3.63) is 89.3 Å². The van der Waals surface area contributed by atoms with Crippen LogP contribution in [0.1, 0.15) is 16.1 Å². The van der Waals surface area contributed by atoms with Crippen LogP contribution >= 0.6 is 11.6 Å². The molecule has 0 unspecified atom stereocenters. The maximum absolute atomic E-state index is 12.8. The van der Waals surface area contributed by atoms with Crippen molar-refractivity contribution in [2.45, 2.75) is 6.54 Å². The lowest BCUT2D eigenvalue weighted by Gasteiger charge is -2.11. The number of hydrogen-bond acceptors (Lipinski definition) is 5. The van der Waals surface area contributed by atoms with Gasteiger partial charge in [0, 0.05) is 16.0 Å². The molecule has 2 heterocycles. The Morgan fingerprint density at radius 3 is 2.63 bits per heavy atom. The predicted octanol–water partition coefficient (Wildman–Crippen LogP) is 4.62. The second-order valence-corrected chi connectivity index (χ2v) is 6.89. The summed E-state index contributed by atoms with van der Waals surface area (Å²) in [6, 6.07) is 19.6. The third-order valence-electron chi connectivity index (χ3n) is 4.46. The number of halogens is 1. The molecule has 7 heteroatoms. The zero-order chi connectivity index (χ0) is 20.9. The van der Waals surface area contributed by atoms with Crippen LogP contribution in [0.3, 0.4) is 0 Å². The van der Waals surface area contributed by atoms with Crippen molar-refractivity contribution in [2.75, 3.05) is 6.61 Å². The van der Waals surface area contributed by atoms with Gasteiger partial charge in [-0.2, -0.15) is 0 Å². The molecule has 30 heavy (non-hydrogen) atoms. The summed E-state index contributed by atoms with van der Waals surface area (Å²) >= 11 is 6.30. The van der Waals surface area contributed by atoms with E-state index in [9.17, 15) is 9.59 Å². The third-order valence-corrected chi connectivity index (χ3v) is 4.79. The Balaban J connectivity index is 1.55. The standard InChI is InChI=1S/C23H17ClN2O4/c24-19-9-3-1-8-17(19)21-12-18(16-7-2-4-10-20(16)26-21)23(28)30-14-22(27)25-13-15-6-5-11-29-15/h1-12H,13-14H2,(H,25,27). The first-order valence-electron chi connectivity index (χ1n) is 9.23. The number of pyridine rings is 1. The fraction of sp³-hybridized carbons (Fsp3) is 0.0870. The number of fused-ring (bicyclic) bond motifs is 1. The highest BCUT2D eigenvalue weighted by Gasteiger charge is 2.17. The number of benzene rings is 2. The van der Waals surface area contributed by atoms with Crippen LogP contribution in [-0.4, -0.2) is 23.5 Å². The van der Waals surface area contributed by atoms with Crippen molar-refractivity contribution in [3.8, 4) is 11.3 Å². The van der Waals surface area contributed by atoms with Gasteiger partial charge in [0.05, 0.1) is 29.6 Å². The summed E-state index contributed by atoms with van der Waals surface area (Å²) in [6.45, 7) is -0.185. The molecule has 0 saturated heterocycles. The van der Waals surface area contributed by atoms with Gasteiger partial charge in [-0.15, -0.1) is 0 Å². The van der Waals surface area contributed by atoms with Crippen molar-refractivity contribution in [1.29, 1.82) is 0 Å². The number of amides is 1. The minimum atomic E-state index is -0.616. The Labute approximate surface area is 177 Å². The molecule has 4 aromatic rings. The van der Waals surface area contributed by atoms with Crippen LogP contribution in [0.2, 0.25) is 5.02 Å². The Morgan fingerprint density at radius 2 is 1.83 bits per heavy atom. The molecule has 2 aromatic carbocycles. The van der Waals surface area contributed by atoms with Crippen LogP contribution in [0.25, 0.3) is 22.2 Å². The number of hydrogen-bond donors (Lipinski definition) is 1. The number of nitrogens with zero attached hydrogens (tertiary/aromatic N) is 1. The fourth-order valence-corrected chi connectivity index (χ4v) is 3.24. The van der Waals surface area contributed by atoms with Gasteiger partial charge in [-0.1, -0.05) is 48.0 Å². The van der Waals surface area contributed by atoms with Crippen molar-refractivity contribution in [3.63, 3.8) is 0 Å². The third kappa shape index (κ3) is 4.34. The number of aromatic nitrogens is 1. The summed E-state index contributed by atoms with van der Waals surface area (Å²) in [5.41, 5.74) is 2.20. The molecule has 4 rings (SSSR count). The van der Waals surface area contributed by atoms with E-state index in [-0.39, 0.29) is 6.54 Å². The van der Waals surface area contributed by atoms with Gasteiger partial charge in [0.1, 0.15) is 5.76 Å². The van der Waals surface area contributed by atoms with Crippen LogP contribution in [0, 0.1) is 0 Å². The highest BCUT2D eigenvalue weighted by atomic mass is 35.5. The minimum absolute atomic E-state index is 0.220. The summed E-state index contributed by atoms with van der Waals surface area (Å²) in [5.74, 6) is -0.432. The van der Waals surface area contributed by atoms with Crippen molar-refractivity contribution in [2.24, 2.45) is 0 Å². The molecular formula is C23H17ClN2O4. The maximum atomic E-state index is 12.8. The number of carbonyl (C=O) groups excluding carboxylic acids is 2. The maximum Gasteiger partial charge on any atom is 0.339 e. The van der Waals surface area contributed by atoms with Crippen LogP contribution in [0.15, 0.2) is 77.4 Å². The number of para-hydroxylation sites is 1. The Kier molecular flexibility index (Phi) is 5.77. The molecule has 0 bridgehead atoms.